The molecule has 3 N–H and O–H groups in total. The number of fused-ring (bicyclic) bond motifs is 1. The third kappa shape index (κ3) is 2.97. The van der Waals surface area contributed by atoms with Crippen molar-refractivity contribution in [3.05, 3.63) is 23.2 Å². The monoisotopic (exact) mass is 345 g/mol. The van der Waals surface area contributed by atoms with E-state index in [0.717, 1.165) is 37.2 Å². The lowest BCUT2D eigenvalue weighted by atomic mass is 9.73. The molecule has 2 heterocycles. The molecule has 4 rings (SSSR count). The number of nitrogens with one attached hydrogen (secondary N) is 3. The second-order valence-electron chi connectivity index (χ2n) is 8.76. The summed E-state index contributed by atoms with van der Waals surface area (Å²) >= 11 is 0. The van der Waals surface area contributed by atoms with Gasteiger partial charge in [0.25, 0.3) is 5.91 Å². The molecule has 1 aromatic heterocycles. The summed E-state index contributed by atoms with van der Waals surface area (Å²) in [6.45, 7) is 6.58. The van der Waals surface area contributed by atoms with Gasteiger partial charge >= 0.3 is 6.03 Å². The first-order chi connectivity index (χ1) is 11.8. The molecular formula is C19H27N3O3. The molecule has 136 valence electrons. The molecule has 2 aliphatic carbocycles. The van der Waals surface area contributed by atoms with E-state index in [1.54, 1.807) is 0 Å². The highest BCUT2D eigenvalue weighted by molar-refractivity contribution is 6.07. The zero-order valence-corrected chi connectivity index (χ0v) is 15.2. The standard InChI is InChI=1S/C19H27N3O3/c1-11-8-13-14(9-18(2,3)10-15(13)25-11)20-12-4-6-19(7-5-12)16(23)21-17(24)22-19/h8,12,14,20H,4-7,9-10H2,1-3H3,(H2,21,22,23,24). The summed E-state index contributed by atoms with van der Waals surface area (Å²) in [5.74, 6) is 1.92. The largest absolute Gasteiger partial charge is 0.466 e. The molecule has 1 spiro atoms. The van der Waals surface area contributed by atoms with Crippen molar-refractivity contribution in [3.63, 3.8) is 0 Å². The van der Waals surface area contributed by atoms with Gasteiger partial charge in [0, 0.05) is 24.1 Å². The van der Waals surface area contributed by atoms with Crippen LogP contribution in [0.4, 0.5) is 4.79 Å². The molecule has 1 saturated heterocycles. The molecule has 6 nitrogen and oxygen atoms in total. The topological polar surface area (TPSA) is 83.4 Å². The maximum absolute atomic E-state index is 12.1. The van der Waals surface area contributed by atoms with Gasteiger partial charge in [0.2, 0.25) is 0 Å². The molecule has 1 atom stereocenters. The zero-order valence-electron chi connectivity index (χ0n) is 15.2. The highest BCUT2D eigenvalue weighted by Crippen LogP contribution is 2.43. The van der Waals surface area contributed by atoms with Crippen LogP contribution in [0.2, 0.25) is 0 Å². The average molecular weight is 345 g/mol. The van der Waals surface area contributed by atoms with E-state index in [4.69, 9.17) is 4.42 Å². The number of imide groups is 1. The van der Waals surface area contributed by atoms with Crippen molar-refractivity contribution in [2.45, 2.75) is 76.9 Å². The maximum Gasteiger partial charge on any atom is 0.322 e. The van der Waals surface area contributed by atoms with Crippen LogP contribution in [0.15, 0.2) is 10.5 Å². The van der Waals surface area contributed by atoms with E-state index in [9.17, 15) is 9.59 Å². The summed E-state index contributed by atoms with van der Waals surface area (Å²) in [5, 5.41) is 9.02. The van der Waals surface area contributed by atoms with Crippen molar-refractivity contribution >= 4 is 11.9 Å². The summed E-state index contributed by atoms with van der Waals surface area (Å²) in [5.41, 5.74) is 0.826. The second kappa shape index (κ2) is 5.59. The van der Waals surface area contributed by atoms with E-state index in [-0.39, 0.29) is 17.4 Å². The van der Waals surface area contributed by atoms with Crippen LogP contribution in [0.1, 0.15) is 69.1 Å². The van der Waals surface area contributed by atoms with Crippen LogP contribution in [-0.2, 0) is 11.2 Å². The molecule has 1 aliphatic heterocycles. The Balaban J connectivity index is 1.45. The normalized spacial score (nSPS) is 33.9. The van der Waals surface area contributed by atoms with Crippen LogP contribution >= 0.6 is 0 Å². The molecule has 25 heavy (non-hydrogen) atoms. The summed E-state index contributed by atoms with van der Waals surface area (Å²) in [7, 11) is 0. The molecule has 6 heteroatoms. The van der Waals surface area contributed by atoms with Gasteiger partial charge < -0.3 is 15.1 Å². The summed E-state index contributed by atoms with van der Waals surface area (Å²) in [4.78, 5) is 23.5. The molecule has 3 amide bonds. The van der Waals surface area contributed by atoms with Gasteiger partial charge in [-0.05, 0) is 50.5 Å². The van der Waals surface area contributed by atoms with Crippen molar-refractivity contribution in [1.29, 1.82) is 0 Å². The first-order valence-electron chi connectivity index (χ1n) is 9.25. The van der Waals surface area contributed by atoms with Gasteiger partial charge in [-0.25, -0.2) is 4.79 Å². The molecule has 0 radical (unpaired) electrons. The van der Waals surface area contributed by atoms with Crippen LogP contribution in [0.3, 0.4) is 0 Å². The molecule has 1 aromatic rings. The minimum Gasteiger partial charge on any atom is -0.466 e. The van der Waals surface area contributed by atoms with E-state index in [0.29, 0.717) is 24.9 Å². The van der Waals surface area contributed by atoms with Crippen molar-refractivity contribution < 1.29 is 14.0 Å². The number of carbonyl (C=O) groups excluding carboxylic acids is 2. The Kier molecular flexibility index (Phi) is 3.72. The number of furan rings is 1. The van der Waals surface area contributed by atoms with Crippen LogP contribution in [0, 0.1) is 12.3 Å². The van der Waals surface area contributed by atoms with Crippen LogP contribution in [0.25, 0.3) is 0 Å². The lowest BCUT2D eigenvalue weighted by molar-refractivity contribution is -0.125. The predicted molar refractivity (Wildman–Crippen MR) is 93.1 cm³/mol. The van der Waals surface area contributed by atoms with Crippen LogP contribution in [-0.4, -0.2) is 23.5 Å². The Bertz CT molecular complexity index is 713. The van der Waals surface area contributed by atoms with Crippen molar-refractivity contribution in [2.24, 2.45) is 5.41 Å². The van der Waals surface area contributed by atoms with Gasteiger partial charge in [-0.2, -0.15) is 0 Å². The second-order valence-corrected chi connectivity index (χ2v) is 8.76. The Morgan fingerprint density at radius 1 is 1.24 bits per heavy atom. The Morgan fingerprint density at radius 3 is 2.60 bits per heavy atom. The number of aryl methyl sites for hydroxylation is 1. The predicted octanol–water partition coefficient (Wildman–Crippen LogP) is 2.71. The highest BCUT2D eigenvalue weighted by Gasteiger charge is 2.48. The van der Waals surface area contributed by atoms with Crippen LogP contribution in [0.5, 0.6) is 0 Å². The lowest BCUT2D eigenvalue weighted by Gasteiger charge is -2.40. The van der Waals surface area contributed by atoms with Gasteiger partial charge in [-0.15, -0.1) is 0 Å². The number of amides is 3. The minimum atomic E-state index is -0.682. The molecule has 0 bridgehead atoms. The number of urea groups is 1. The third-order valence-corrected chi connectivity index (χ3v) is 6.03. The molecule has 2 fully saturated rings. The van der Waals surface area contributed by atoms with Crippen molar-refractivity contribution in [1.82, 2.24) is 16.0 Å². The van der Waals surface area contributed by atoms with E-state index in [1.807, 2.05) is 6.92 Å². The molecule has 0 aromatic carbocycles. The minimum absolute atomic E-state index is 0.164. The summed E-state index contributed by atoms with van der Waals surface area (Å²) < 4.78 is 5.92. The molecule has 3 aliphatic rings. The smallest absolute Gasteiger partial charge is 0.322 e. The fraction of sp³-hybridized carbons (Fsp3) is 0.684. The van der Waals surface area contributed by atoms with E-state index in [2.05, 4.69) is 35.9 Å². The number of rotatable bonds is 2. The first-order valence-corrected chi connectivity index (χ1v) is 9.25. The Morgan fingerprint density at radius 2 is 1.96 bits per heavy atom. The third-order valence-electron chi connectivity index (χ3n) is 6.03. The Labute approximate surface area is 148 Å². The summed E-state index contributed by atoms with van der Waals surface area (Å²) in [6, 6.07) is 2.46. The quantitative estimate of drug-likeness (QED) is 0.720. The fourth-order valence-corrected chi connectivity index (χ4v) is 4.78. The van der Waals surface area contributed by atoms with Gasteiger partial charge in [0.05, 0.1) is 0 Å². The van der Waals surface area contributed by atoms with Gasteiger partial charge in [0.1, 0.15) is 17.1 Å². The highest BCUT2D eigenvalue weighted by atomic mass is 16.3. The van der Waals surface area contributed by atoms with Crippen LogP contribution < -0.4 is 16.0 Å². The SMILES string of the molecule is Cc1cc2c(o1)CC(C)(C)CC2NC1CCC2(CC1)NC(=O)NC2=O. The average Bonchev–Trinajstić information content (AvgIpc) is 3.00. The number of carbonyl (C=O) groups is 2. The number of hydrogen-bond donors (Lipinski definition) is 3. The van der Waals surface area contributed by atoms with Gasteiger partial charge in [0.15, 0.2) is 0 Å². The molecule has 1 unspecified atom stereocenters. The van der Waals surface area contributed by atoms with E-state index >= 15 is 0 Å². The summed E-state index contributed by atoms with van der Waals surface area (Å²) in [6.07, 6.45) is 5.21. The number of hydrogen-bond acceptors (Lipinski definition) is 4. The fourth-order valence-electron chi connectivity index (χ4n) is 4.78. The Hall–Kier alpha value is -1.82. The van der Waals surface area contributed by atoms with Gasteiger partial charge in [-0.3, -0.25) is 10.1 Å². The molecule has 1 saturated carbocycles. The van der Waals surface area contributed by atoms with Crippen molar-refractivity contribution in [2.75, 3.05) is 0 Å². The zero-order chi connectivity index (χ0) is 17.8. The van der Waals surface area contributed by atoms with E-state index < -0.39 is 5.54 Å². The van der Waals surface area contributed by atoms with E-state index in [1.165, 1.54) is 5.56 Å². The first kappa shape index (κ1) is 16.6. The van der Waals surface area contributed by atoms with Gasteiger partial charge in [-0.1, -0.05) is 13.8 Å². The lowest BCUT2D eigenvalue weighted by Crippen LogP contribution is -2.52. The maximum atomic E-state index is 12.1. The van der Waals surface area contributed by atoms with Crippen molar-refractivity contribution in [3.8, 4) is 0 Å². The molecular weight excluding hydrogens is 318 g/mol.